The van der Waals surface area contributed by atoms with E-state index < -0.39 is 0 Å². The predicted octanol–water partition coefficient (Wildman–Crippen LogP) is 2.17. The quantitative estimate of drug-likeness (QED) is 0.766. The number of rotatable bonds is 4. The summed E-state index contributed by atoms with van der Waals surface area (Å²) in [6, 6.07) is 0. The number of aromatic nitrogens is 2. The number of hydrogen-bond donors (Lipinski definition) is 1. The Morgan fingerprint density at radius 1 is 1.53 bits per heavy atom. The van der Waals surface area contributed by atoms with Crippen molar-refractivity contribution < 1.29 is 0 Å². The zero-order chi connectivity index (χ0) is 11.4. The minimum atomic E-state index is 0.398. The predicted molar refractivity (Wildman–Crippen MR) is 63.6 cm³/mol. The van der Waals surface area contributed by atoms with Gasteiger partial charge < -0.3 is 10.3 Å². The Labute approximate surface area is 91.7 Å². The van der Waals surface area contributed by atoms with Crippen LogP contribution in [0.5, 0.6) is 0 Å². The number of anilines is 1. The van der Waals surface area contributed by atoms with Gasteiger partial charge in [-0.3, -0.25) is 0 Å². The largest absolute Gasteiger partial charge is 0.384 e. The van der Waals surface area contributed by atoms with Crippen LogP contribution in [0.1, 0.15) is 44.6 Å². The molecule has 3 heteroatoms. The van der Waals surface area contributed by atoms with Crippen LogP contribution in [-0.4, -0.2) is 9.55 Å². The number of hydrogen-bond acceptors (Lipinski definition) is 2. The van der Waals surface area contributed by atoms with Crippen molar-refractivity contribution in [1.29, 1.82) is 0 Å². The maximum absolute atomic E-state index is 6.05. The summed E-state index contributed by atoms with van der Waals surface area (Å²) in [5.41, 5.74) is 7.04. The molecule has 1 rings (SSSR count). The minimum Gasteiger partial charge on any atom is -0.384 e. The first-order valence-corrected chi connectivity index (χ1v) is 5.43. The third-order valence-corrected chi connectivity index (χ3v) is 2.76. The van der Waals surface area contributed by atoms with Crippen molar-refractivity contribution in [3.05, 3.63) is 11.5 Å². The normalized spacial score (nSPS) is 12.4. The van der Waals surface area contributed by atoms with Gasteiger partial charge in [0.2, 0.25) is 0 Å². The maximum atomic E-state index is 6.05. The molecule has 1 unspecified atom stereocenters. The number of aryl methyl sites for hydroxylation is 1. The van der Waals surface area contributed by atoms with Crippen molar-refractivity contribution in [2.45, 2.75) is 46.1 Å². The van der Waals surface area contributed by atoms with Crippen LogP contribution in [0.4, 0.5) is 5.82 Å². The Balaban J connectivity index is 3.16. The van der Waals surface area contributed by atoms with Gasteiger partial charge in [0.25, 0.3) is 0 Å². The second-order valence-electron chi connectivity index (χ2n) is 3.75. The van der Waals surface area contributed by atoms with Crippen molar-refractivity contribution in [2.24, 2.45) is 0 Å². The molecule has 2 N–H and O–H groups in total. The average molecular weight is 205 g/mol. The average Bonchev–Trinajstić information content (AvgIpc) is 2.56. The van der Waals surface area contributed by atoms with Gasteiger partial charge in [0.05, 0.1) is 12.2 Å². The van der Waals surface area contributed by atoms with Crippen LogP contribution < -0.4 is 5.73 Å². The van der Waals surface area contributed by atoms with E-state index in [0.29, 0.717) is 12.5 Å². The van der Waals surface area contributed by atoms with Gasteiger partial charge in [-0.15, -0.1) is 6.42 Å². The summed E-state index contributed by atoms with van der Waals surface area (Å²) in [5.74, 6) is 4.73. The van der Waals surface area contributed by atoms with E-state index in [0.717, 1.165) is 30.2 Å². The molecule has 0 saturated carbocycles. The smallest absolute Gasteiger partial charge is 0.127 e. The standard InChI is InChI=1S/C12H19N3/c1-5-8-15-10(7-3)14-11(12(15)13)9(4)6-2/h1,9H,6-8,13H2,2-4H3. The molecule has 1 aromatic rings. The van der Waals surface area contributed by atoms with Crippen molar-refractivity contribution in [2.75, 3.05) is 5.73 Å². The summed E-state index contributed by atoms with van der Waals surface area (Å²) in [6.45, 7) is 6.85. The summed E-state index contributed by atoms with van der Waals surface area (Å²) in [4.78, 5) is 4.56. The second-order valence-corrected chi connectivity index (χ2v) is 3.75. The van der Waals surface area contributed by atoms with Crippen LogP contribution in [0.2, 0.25) is 0 Å². The molecule has 0 amide bonds. The first-order valence-electron chi connectivity index (χ1n) is 5.43. The topological polar surface area (TPSA) is 43.8 Å². The van der Waals surface area contributed by atoms with E-state index in [9.17, 15) is 0 Å². The van der Waals surface area contributed by atoms with Gasteiger partial charge in [-0.25, -0.2) is 4.98 Å². The Bertz CT molecular complexity index is 371. The molecule has 0 spiro atoms. The lowest BCUT2D eigenvalue weighted by Gasteiger charge is -2.07. The Morgan fingerprint density at radius 2 is 2.20 bits per heavy atom. The zero-order valence-electron chi connectivity index (χ0n) is 9.75. The number of nitrogen functional groups attached to an aromatic ring is 1. The van der Waals surface area contributed by atoms with Crippen LogP contribution in [0, 0.1) is 12.3 Å². The summed E-state index contributed by atoms with van der Waals surface area (Å²) in [5, 5.41) is 0. The Morgan fingerprint density at radius 3 is 2.67 bits per heavy atom. The van der Waals surface area contributed by atoms with Crippen molar-refractivity contribution in [1.82, 2.24) is 9.55 Å². The van der Waals surface area contributed by atoms with E-state index in [1.807, 2.05) is 4.57 Å². The van der Waals surface area contributed by atoms with Gasteiger partial charge in [0.15, 0.2) is 0 Å². The molecule has 0 aliphatic heterocycles. The molecule has 3 nitrogen and oxygen atoms in total. The van der Waals surface area contributed by atoms with Gasteiger partial charge in [-0.05, 0) is 6.42 Å². The molecule has 1 heterocycles. The van der Waals surface area contributed by atoms with Crippen molar-refractivity contribution in [3.8, 4) is 12.3 Å². The number of terminal acetylenes is 1. The van der Waals surface area contributed by atoms with E-state index in [-0.39, 0.29) is 0 Å². The maximum Gasteiger partial charge on any atom is 0.127 e. The molecule has 15 heavy (non-hydrogen) atoms. The highest BCUT2D eigenvalue weighted by atomic mass is 15.1. The van der Waals surface area contributed by atoms with E-state index in [4.69, 9.17) is 12.2 Å². The summed E-state index contributed by atoms with van der Waals surface area (Å²) in [7, 11) is 0. The molecule has 0 saturated heterocycles. The lowest BCUT2D eigenvalue weighted by Crippen LogP contribution is -2.06. The molecule has 0 aliphatic rings. The molecular weight excluding hydrogens is 186 g/mol. The summed E-state index contributed by atoms with van der Waals surface area (Å²) < 4.78 is 1.93. The van der Waals surface area contributed by atoms with E-state index in [1.165, 1.54) is 0 Å². The van der Waals surface area contributed by atoms with Crippen molar-refractivity contribution >= 4 is 5.82 Å². The minimum absolute atomic E-state index is 0.398. The first-order chi connectivity index (χ1) is 7.15. The highest BCUT2D eigenvalue weighted by molar-refractivity contribution is 5.41. The summed E-state index contributed by atoms with van der Waals surface area (Å²) >= 11 is 0. The van der Waals surface area contributed by atoms with Gasteiger partial charge in [-0.2, -0.15) is 0 Å². The third kappa shape index (κ3) is 2.15. The number of nitrogens with two attached hydrogens (primary N) is 1. The van der Waals surface area contributed by atoms with Gasteiger partial charge >= 0.3 is 0 Å². The molecular formula is C12H19N3. The van der Waals surface area contributed by atoms with E-state index in [2.05, 4.69) is 31.7 Å². The van der Waals surface area contributed by atoms with Crippen molar-refractivity contribution in [3.63, 3.8) is 0 Å². The van der Waals surface area contributed by atoms with Gasteiger partial charge in [-0.1, -0.05) is 26.7 Å². The van der Waals surface area contributed by atoms with Crippen LogP contribution in [0.25, 0.3) is 0 Å². The highest BCUT2D eigenvalue weighted by Crippen LogP contribution is 2.25. The number of nitrogens with zero attached hydrogens (tertiary/aromatic N) is 2. The SMILES string of the molecule is C#CCn1c(CC)nc(C(C)CC)c1N. The van der Waals surface area contributed by atoms with Crippen LogP contribution in [0.3, 0.4) is 0 Å². The molecule has 1 aromatic heterocycles. The first kappa shape index (κ1) is 11.6. The summed E-state index contributed by atoms with van der Waals surface area (Å²) in [6.07, 6.45) is 7.22. The fraction of sp³-hybridized carbons (Fsp3) is 0.583. The van der Waals surface area contributed by atoms with Gasteiger partial charge in [0.1, 0.15) is 11.6 Å². The van der Waals surface area contributed by atoms with Crippen LogP contribution >= 0.6 is 0 Å². The van der Waals surface area contributed by atoms with Gasteiger partial charge in [0, 0.05) is 12.3 Å². The lowest BCUT2D eigenvalue weighted by atomic mass is 10.1. The third-order valence-electron chi connectivity index (χ3n) is 2.76. The van der Waals surface area contributed by atoms with Crippen LogP contribution in [0.15, 0.2) is 0 Å². The zero-order valence-corrected chi connectivity index (χ0v) is 9.75. The molecule has 0 bridgehead atoms. The fourth-order valence-electron chi connectivity index (χ4n) is 1.63. The molecule has 0 aromatic carbocycles. The monoisotopic (exact) mass is 205 g/mol. The Kier molecular flexibility index (Phi) is 3.79. The highest BCUT2D eigenvalue weighted by Gasteiger charge is 2.16. The number of imidazole rings is 1. The van der Waals surface area contributed by atoms with E-state index >= 15 is 0 Å². The molecule has 0 radical (unpaired) electrons. The molecule has 0 fully saturated rings. The second kappa shape index (κ2) is 4.88. The molecule has 82 valence electrons. The Hall–Kier alpha value is -1.43. The molecule has 1 atom stereocenters. The molecule has 0 aliphatic carbocycles. The lowest BCUT2D eigenvalue weighted by molar-refractivity contribution is 0.712. The van der Waals surface area contributed by atoms with Crippen LogP contribution in [-0.2, 0) is 13.0 Å². The van der Waals surface area contributed by atoms with E-state index in [1.54, 1.807) is 0 Å². The fourth-order valence-corrected chi connectivity index (χ4v) is 1.63.